The van der Waals surface area contributed by atoms with Gasteiger partial charge >= 0.3 is 0 Å². The second-order valence-corrected chi connectivity index (χ2v) is 7.99. The second-order valence-electron chi connectivity index (χ2n) is 7.99. The molecule has 0 radical (unpaired) electrons. The molecule has 1 N–H and O–H groups in total. The summed E-state index contributed by atoms with van der Waals surface area (Å²) in [6.45, 7) is 4.38. The van der Waals surface area contributed by atoms with Crippen LogP contribution in [0, 0.1) is 13.8 Å². The molecule has 1 unspecified atom stereocenters. The number of hydrogen-bond acceptors (Lipinski definition) is 5. The van der Waals surface area contributed by atoms with Gasteiger partial charge in [0.05, 0.1) is 17.9 Å². The van der Waals surface area contributed by atoms with Crippen LogP contribution in [-0.4, -0.2) is 38.3 Å². The summed E-state index contributed by atoms with van der Waals surface area (Å²) in [5.41, 5.74) is 6.57. The smallest absolute Gasteiger partial charge is 0.251 e. The minimum Gasteiger partial charge on any atom is -0.488 e. The summed E-state index contributed by atoms with van der Waals surface area (Å²) in [6, 6.07) is 15.6. The molecular formula is C25H23N5O2. The Morgan fingerprint density at radius 3 is 2.72 bits per heavy atom. The fourth-order valence-electron chi connectivity index (χ4n) is 4.04. The molecule has 4 aromatic rings. The maximum absolute atomic E-state index is 12.8. The number of nitrogens with zero attached hydrogens (tertiary/aromatic N) is 4. The zero-order valence-electron chi connectivity index (χ0n) is 17.9. The van der Waals surface area contributed by atoms with Gasteiger partial charge in [0.2, 0.25) is 0 Å². The Hall–Kier alpha value is -4.00. The van der Waals surface area contributed by atoms with E-state index in [0.717, 1.165) is 45.9 Å². The SMILES string of the molecule is Cc1cc(C)n(-c2cccc(C(=O)NCC3Cc4cc(-c5cncnc5)ccc4O3)c2)n1. The van der Waals surface area contributed by atoms with Crippen LogP contribution in [0.1, 0.15) is 27.3 Å². The van der Waals surface area contributed by atoms with Gasteiger partial charge in [0, 0.05) is 35.6 Å². The lowest BCUT2D eigenvalue weighted by molar-refractivity contribution is 0.0933. The molecule has 7 heteroatoms. The van der Waals surface area contributed by atoms with Gasteiger partial charge < -0.3 is 10.1 Å². The van der Waals surface area contributed by atoms with Crippen molar-refractivity contribution in [3.63, 3.8) is 0 Å². The summed E-state index contributed by atoms with van der Waals surface area (Å²) in [6.07, 6.45) is 5.75. The average molecular weight is 425 g/mol. The third kappa shape index (κ3) is 3.97. The fourth-order valence-corrected chi connectivity index (χ4v) is 4.04. The number of aromatic nitrogens is 4. The number of amides is 1. The lowest BCUT2D eigenvalue weighted by Crippen LogP contribution is -2.34. The molecule has 1 atom stereocenters. The first kappa shape index (κ1) is 19.9. The number of nitrogens with one attached hydrogen (secondary N) is 1. The van der Waals surface area contributed by atoms with Crippen LogP contribution in [0.15, 0.2) is 67.3 Å². The molecule has 0 aliphatic carbocycles. The second kappa shape index (κ2) is 8.26. The van der Waals surface area contributed by atoms with Crippen LogP contribution in [0.2, 0.25) is 0 Å². The summed E-state index contributed by atoms with van der Waals surface area (Å²) >= 11 is 0. The first-order chi connectivity index (χ1) is 15.6. The number of aryl methyl sites for hydroxylation is 2. The van der Waals surface area contributed by atoms with Gasteiger partial charge in [-0.3, -0.25) is 4.79 Å². The van der Waals surface area contributed by atoms with Gasteiger partial charge in [0.25, 0.3) is 5.91 Å². The minimum absolute atomic E-state index is 0.101. The molecule has 1 amide bonds. The van der Waals surface area contributed by atoms with Gasteiger partial charge in [0.15, 0.2) is 0 Å². The van der Waals surface area contributed by atoms with E-state index in [0.29, 0.717) is 12.1 Å². The van der Waals surface area contributed by atoms with Gasteiger partial charge in [0.1, 0.15) is 18.2 Å². The number of carbonyl (C=O) groups excluding carboxylic acids is 1. The third-order valence-electron chi connectivity index (χ3n) is 5.55. The maximum atomic E-state index is 12.8. The van der Waals surface area contributed by atoms with Crippen LogP contribution < -0.4 is 10.1 Å². The zero-order chi connectivity index (χ0) is 22.1. The minimum atomic E-state index is -0.130. The van der Waals surface area contributed by atoms with Crippen molar-refractivity contribution in [3.8, 4) is 22.6 Å². The number of fused-ring (bicyclic) bond motifs is 1. The van der Waals surface area contributed by atoms with E-state index in [1.54, 1.807) is 12.4 Å². The summed E-state index contributed by atoms with van der Waals surface area (Å²) in [7, 11) is 0. The van der Waals surface area contributed by atoms with E-state index in [1.807, 2.05) is 61.0 Å². The monoisotopic (exact) mass is 425 g/mol. The van der Waals surface area contributed by atoms with Gasteiger partial charge in [-0.15, -0.1) is 0 Å². The average Bonchev–Trinajstić information content (AvgIpc) is 3.39. The largest absolute Gasteiger partial charge is 0.488 e. The Balaban J connectivity index is 1.24. The Bertz CT molecular complexity index is 1280. The third-order valence-corrected chi connectivity index (χ3v) is 5.55. The lowest BCUT2D eigenvalue weighted by atomic mass is 10.0. The number of benzene rings is 2. The Labute approximate surface area is 186 Å². The van der Waals surface area contributed by atoms with Crippen molar-refractivity contribution in [1.29, 1.82) is 0 Å². The first-order valence-electron chi connectivity index (χ1n) is 10.5. The highest BCUT2D eigenvalue weighted by molar-refractivity contribution is 5.94. The first-order valence-corrected chi connectivity index (χ1v) is 10.5. The molecule has 3 heterocycles. The van der Waals surface area contributed by atoms with Crippen molar-refractivity contribution in [2.45, 2.75) is 26.4 Å². The van der Waals surface area contributed by atoms with Crippen LogP contribution in [0.4, 0.5) is 0 Å². The van der Waals surface area contributed by atoms with E-state index >= 15 is 0 Å². The van der Waals surface area contributed by atoms with Crippen LogP contribution in [-0.2, 0) is 6.42 Å². The number of ether oxygens (including phenoxy) is 1. The van der Waals surface area contributed by atoms with Crippen molar-refractivity contribution in [2.75, 3.05) is 6.54 Å². The number of hydrogen-bond donors (Lipinski definition) is 1. The Morgan fingerprint density at radius 2 is 1.94 bits per heavy atom. The van der Waals surface area contributed by atoms with Gasteiger partial charge in [-0.1, -0.05) is 12.1 Å². The summed E-state index contributed by atoms with van der Waals surface area (Å²) < 4.78 is 7.88. The molecule has 0 saturated heterocycles. The predicted octanol–water partition coefficient (Wildman–Crippen LogP) is 3.68. The highest BCUT2D eigenvalue weighted by atomic mass is 16.5. The summed E-state index contributed by atoms with van der Waals surface area (Å²) in [5.74, 6) is 0.728. The van der Waals surface area contributed by atoms with Crippen LogP contribution in [0.25, 0.3) is 16.8 Å². The molecule has 0 fully saturated rings. The van der Waals surface area contributed by atoms with Crippen LogP contribution in [0.5, 0.6) is 5.75 Å². The molecule has 0 bridgehead atoms. The van der Waals surface area contributed by atoms with Crippen molar-refractivity contribution in [1.82, 2.24) is 25.1 Å². The van der Waals surface area contributed by atoms with Gasteiger partial charge in [-0.25, -0.2) is 14.6 Å². The molecule has 0 spiro atoms. The van der Waals surface area contributed by atoms with Gasteiger partial charge in [-0.2, -0.15) is 5.10 Å². The molecule has 32 heavy (non-hydrogen) atoms. The lowest BCUT2D eigenvalue weighted by Gasteiger charge is -2.12. The van der Waals surface area contributed by atoms with E-state index in [-0.39, 0.29) is 12.0 Å². The normalized spacial score (nSPS) is 14.6. The molecule has 1 aliphatic heterocycles. The quantitative estimate of drug-likeness (QED) is 0.528. The highest BCUT2D eigenvalue weighted by Gasteiger charge is 2.24. The fraction of sp³-hybridized carbons (Fsp3) is 0.200. The molecule has 0 saturated carbocycles. The molecule has 7 nitrogen and oxygen atoms in total. The standard InChI is InChI=1S/C25H23N5O2/c1-16-8-17(2)30(29-16)22-5-3-4-19(10-22)25(31)28-14-23-11-20-9-18(6-7-24(20)32-23)21-12-26-15-27-13-21/h3-10,12-13,15,23H,11,14H2,1-2H3,(H,28,31). The molecule has 5 rings (SSSR count). The Kier molecular flexibility index (Phi) is 5.15. The highest BCUT2D eigenvalue weighted by Crippen LogP contribution is 2.32. The van der Waals surface area contributed by atoms with Crippen molar-refractivity contribution < 1.29 is 9.53 Å². The molecular weight excluding hydrogens is 402 g/mol. The number of rotatable bonds is 5. The zero-order valence-corrected chi connectivity index (χ0v) is 17.9. The van der Waals surface area contributed by atoms with Crippen LogP contribution >= 0.6 is 0 Å². The topological polar surface area (TPSA) is 81.9 Å². The van der Waals surface area contributed by atoms with Crippen molar-refractivity contribution in [2.24, 2.45) is 0 Å². The Morgan fingerprint density at radius 1 is 1.09 bits per heavy atom. The summed E-state index contributed by atoms with van der Waals surface area (Å²) in [4.78, 5) is 20.9. The number of carbonyl (C=O) groups is 1. The molecule has 2 aromatic heterocycles. The van der Waals surface area contributed by atoms with Crippen molar-refractivity contribution in [3.05, 3.63) is 89.8 Å². The van der Waals surface area contributed by atoms with Gasteiger partial charge in [-0.05, 0) is 61.4 Å². The van der Waals surface area contributed by atoms with E-state index in [4.69, 9.17) is 4.74 Å². The van der Waals surface area contributed by atoms with Crippen molar-refractivity contribution >= 4 is 5.91 Å². The summed E-state index contributed by atoms with van der Waals surface area (Å²) in [5, 5.41) is 7.51. The van der Waals surface area contributed by atoms with E-state index < -0.39 is 0 Å². The van der Waals surface area contributed by atoms with E-state index in [1.165, 1.54) is 6.33 Å². The van der Waals surface area contributed by atoms with E-state index in [9.17, 15) is 4.79 Å². The molecule has 1 aliphatic rings. The maximum Gasteiger partial charge on any atom is 0.251 e. The molecule has 160 valence electrons. The van der Waals surface area contributed by atoms with Crippen LogP contribution in [0.3, 0.4) is 0 Å². The van der Waals surface area contributed by atoms with E-state index in [2.05, 4.69) is 26.4 Å². The molecule has 2 aromatic carbocycles. The predicted molar refractivity (Wildman–Crippen MR) is 121 cm³/mol.